The predicted octanol–water partition coefficient (Wildman–Crippen LogP) is 3.81. The van der Waals surface area contributed by atoms with E-state index >= 15 is 0 Å². The molecule has 0 unspecified atom stereocenters. The van der Waals surface area contributed by atoms with Gasteiger partial charge in [0, 0.05) is 19.6 Å². The Kier molecular flexibility index (Phi) is 6.85. The van der Waals surface area contributed by atoms with Crippen molar-refractivity contribution >= 4 is 5.69 Å². The first-order chi connectivity index (χ1) is 9.10. The third kappa shape index (κ3) is 4.83. The van der Waals surface area contributed by atoms with Crippen LogP contribution in [0.2, 0.25) is 0 Å². The van der Waals surface area contributed by atoms with E-state index in [-0.39, 0.29) is 5.82 Å². The molecule has 0 aliphatic rings. The van der Waals surface area contributed by atoms with Gasteiger partial charge in [-0.05, 0) is 37.4 Å². The maximum atomic E-state index is 14.1. The maximum Gasteiger partial charge on any atom is 0.146 e. The van der Waals surface area contributed by atoms with Crippen LogP contribution in [0.3, 0.4) is 0 Å². The molecule has 0 heterocycles. The second-order valence-corrected chi connectivity index (χ2v) is 5.35. The quantitative estimate of drug-likeness (QED) is 0.769. The van der Waals surface area contributed by atoms with Crippen LogP contribution in [0, 0.1) is 11.7 Å². The largest absolute Gasteiger partial charge is 0.369 e. The van der Waals surface area contributed by atoms with Gasteiger partial charge in [0.05, 0.1) is 5.69 Å². The standard InChI is InChI=1S/C16H27FN2/c1-5-10-19(6-2)16-14(8-7-9-15(16)17)12-18-11-13(3)4/h7-9,13,18H,5-6,10-12H2,1-4H3. The van der Waals surface area contributed by atoms with E-state index < -0.39 is 0 Å². The van der Waals surface area contributed by atoms with Crippen molar-refractivity contribution in [3.05, 3.63) is 29.6 Å². The topological polar surface area (TPSA) is 15.3 Å². The van der Waals surface area contributed by atoms with E-state index in [1.807, 2.05) is 6.07 Å². The van der Waals surface area contributed by atoms with Gasteiger partial charge in [-0.15, -0.1) is 0 Å². The highest BCUT2D eigenvalue weighted by Crippen LogP contribution is 2.24. The van der Waals surface area contributed by atoms with Gasteiger partial charge in [0.2, 0.25) is 0 Å². The minimum atomic E-state index is -0.112. The van der Waals surface area contributed by atoms with Gasteiger partial charge < -0.3 is 10.2 Å². The number of benzene rings is 1. The summed E-state index contributed by atoms with van der Waals surface area (Å²) in [6.07, 6.45) is 1.03. The lowest BCUT2D eigenvalue weighted by Crippen LogP contribution is -2.27. The Labute approximate surface area is 117 Å². The molecule has 108 valence electrons. The smallest absolute Gasteiger partial charge is 0.146 e. The van der Waals surface area contributed by atoms with Crippen molar-refractivity contribution in [2.75, 3.05) is 24.5 Å². The first-order valence-electron chi connectivity index (χ1n) is 7.33. The van der Waals surface area contributed by atoms with Crippen LogP contribution >= 0.6 is 0 Å². The summed E-state index contributed by atoms with van der Waals surface area (Å²) in [5.41, 5.74) is 1.82. The Balaban J connectivity index is 2.87. The fourth-order valence-electron chi connectivity index (χ4n) is 2.25. The first-order valence-corrected chi connectivity index (χ1v) is 7.33. The van der Waals surface area contributed by atoms with Gasteiger partial charge in [0.25, 0.3) is 0 Å². The van der Waals surface area contributed by atoms with E-state index in [1.54, 1.807) is 12.1 Å². The van der Waals surface area contributed by atoms with Gasteiger partial charge in [0.1, 0.15) is 5.82 Å². The number of anilines is 1. The molecule has 0 saturated heterocycles. The molecule has 0 aromatic heterocycles. The number of para-hydroxylation sites is 1. The Morgan fingerprint density at radius 3 is 2.58 bits per heavy atom. The van der Waals surface area contributed by atoms with Crippen molar-refractivity contribution in [3.63, 3.8) is 0 Å². The molecule has 2 nitrogen and oxygen atoms in total. The summed E-state index contributed by atoms with van der Waals surface area (Å²) in [7, 11) is 0. The highest BCUT2D eigenvalue weighted by Gasteiger charge is 2.14. The van der Waals surface area contributed by atoms with Crippen molar-refractivity contribution in [2.45, 2.75) is 40.7 Å². The average molecular weight is 266 g/mol. The van der Waals surface area contributed by atoms with Gasteiger partial charge in [-0.25, -0.2) is 4.39 Å². The Morgan fingerprint density at radius 2 is 2.00 bits per heavy atom. The van der Waals surface area contributed by atoms with Crippen molar-refractivity contribution in [2.24, 2.45) is 5.92 Å². The van der Waals surface area contributed by atoms with Crippen molar-refractivity contribution in [3.8, 4) is 0 Å². The second-order valence-electron chi connectivity index (χ2n) is 5.35. The molecule has 0 radical (unpaired) electrons. The number of rotatable bonds is 8. The summed E-state index contributed by atoms with van der Waals surface area (Å²) >= 11 is 0. The zero-order chi connectivity index (χ0) is 14.3. The summed E-state index contributed by atoms with van der Waals surface area (Å²) in [5.74, 6) is 0.495. The normalized spacial score (nSPS) is 11.1. The molecule has 0 amide bonds. The number of halogens is 1. The number of hydrogen-bond donors (Lipinski definition) is 1. The SMILES string of the molecule is CCCN(CC)c1c(F)cccc1CNCC(C)C. The van der Waals surface area contributed by atoms with Gasteiger partial charge in [-0.3, -0.25) is 0 Å². The van der Waals surface area contributed by atoms with Gasteiger partial charge >= 0.3 is 0 Å². The molecule has 0 aliphatic carbocycles. The summed E-state index contributed by atoms with van der Waals surface area (Å²) in [6.45, 7) is 12.0. The van der Waals surface area contributed by atoms with E-state index in [2.05, 4.69) is 37.9 Å². The van der Waals surface area contributed by atoms with Gasteiger partial charge in [-0.2, -0.15) is 0 Å². The molecule has 1 rings (SSSR count). The Bertz CT molecular complexity index is 377. The Hall–Kier alpha value is -1.09. The molecule has 1 aromatic rings. The summed E-state index contributed by atoms with van der Waals surface area (Å²) in [4.78, 5) is 2.13. The van der Waals surface area contributed by atoms with Crippen LogP contribution in [0.5, 0.6) is 0 Å². The first kappa shape index (κ1) is 16.0. The summed E-state index contributed by atoms with van der Waals surface area (Å²) in [6, 6.07) is 5.37. The van der Waals surface area contributed by atoms with Crippen LogP contribution in [-0.2, 0) is 6.54 Å². The molecule has 3 heteroatoms. The predicted molar refractivity (Wildman–Crippen MR) is 81.1 cm³/mol. The summed E-state index contributed by atoms with van der Waals surface area (Å²) in [5, 5.41) is 3.40. The van der Waals surface area contributed by atoms with Crippen LogP contribution < -0.4 is 10.2 Å². The molecule has 1 N–H and O–H groups in total. The molecule has 0 saturated carbocycles. The van der Waals surface area contributed by atoms with Crippen LogP contribution in [-0.4, -0.2) is 19.6 Å². The van der Waals surface area contributed by atoms with Crippen LogP contribution in [0.1, 0.15) is 39.7 Å². The van der Waals surface area contributed by atoms with E-state index in [4.69, 9.17) is 0 Å². The van der Waals surface area contributed by atoms with Crippen molar-refractivity contribution in [1.29, 1.82) is 0 Å². The average Bonchev–Trinajstić information content (AvgIpc) is 2.36. The van der Waals surface area contributed by atoms with E-state index in [9.17, 15) is 4.39 Å². The fourth-order valence-corrected chi connectivity index (χ4v) is 2.25. The molecule has 19 heavy (non-hydrogen) atoms. The maximum absolute atomic E-state index is 14.1. The zero-order valence-electron chi connectivity index (χ0n) is 12.7. The zero-order valence-corrected chi connectivity index (χ0v) is 12.7. The third-order valence-corrected chi connectivity index (χ3v) is 3.13. The number of nitrogens with zero attached hydrogens (tertiary/aromatic N) is 1. The molecule has 0 atom stereocenters. The van der Waals surface area contributed by atoms with E-state index in [0.717, 1.165) is 43.9 Å². The van der Waals surface area contributed by atoms with Gasteiger partial charge in [0.15, 0.2) is 0 Å². The van der Waals surface area contributed by atoms with Crippen LogP contribution in [0.25, 0.3) is 0 Å². The van der Waals surface area contributed by atoms with Crippen molar-refractivity contribution < 1.29 is 4.39 Å². The molecule has 0 spiro atoms. The fraction of sp³-hybridized carbons (Fsp3) is 0.625. The molecule has 0 bridgehead atoms. The molecular weight excluding hydrogens is 239 g/mol. The molecule has 0 aliphatic heterocycles. The van der Waals surface area contributed by atoms with Crippen LogP contribution in [0.4, 0.5) is 10.1 Å². The van der Waals surface area contributed by atoms with Crippen LogP contribution in [0.15, 0.2) is 18.2 Å². The van der Waals surface area contributed by atoms with Crippen molar-refractivity contribution in [1.82, 2.24) is 5.32 Å². The molecule has 1 aromatic carbocycles. The Morgan fingerprint density at radius 1 is 1.26 bits per heavy atom. The molecule has 0 fully saturated rings. The highest BCUT2D eigenvalue weighted by molar-refractivity contribution is 5.54. The van der Waals surface area contributed by atoms with E-state index in [1.165, 1.54) is 0 Å². The third-order valence-electron chi connectivity index (χ3n) is 3.13. The number of hydrogen-bond acceptors (Lipinski definition) is 2. The minimum Gasteiger partial charge on any atom is -0.369 e. The highest BCUT2D eigenvalue weighted by atomic mass is 19.1. The lowest BCUT2D eigenvalue weighted by atomic mass is 10.1. The van der Waals surface area contributed by atoms with E-state index in [0.29, 0.717) is 5.92 Å². The molecular formula is C16H27FN2. The minimum absolute atomic E-state index is 0.112. The van der Waals surface area contributed by atoms with Gasteiger partial charge in [-0.1, -0.05) is 32.9 Å². The lowest BCUT2D eigenvalue weighted by molar-refractivity contribution is 0.548. The monoisotopic (exact) mass is 266 g/mol. The number of nitrogens with one attached hydrogen (secondary N) is 1. The second kappa shape index (κ2) is 8.16. The summed E-state index contributed by atoms with van der Waals surface area (Å²) < 4.78 is 14.1. The lowest BCUT2D eigenvalue weighted by Gasteiger charge is -2.26.